The van der Waals surface area contributed by atoms with Crippen LogP contribution in [0.3, 0.4) is 0 Å². The van der Waals surface area contributed by atoms with Gasteiger partial charge in [0.2, 0.25) is 0 Å². The Morgan fingerprint density at radius 1 is 1.23 bits per heavy atom. The van der Waals surface area contributed by atoms with Gasteiger partial charge < -0.3 is 14.4 Å². The summed E-state index contributed by atoms with van der Waals surface area (Å²) < 4.78 is 10.4. The number of hydrogen-bond donors (Lipinski definition) is 0. The standard InChI is InChI=1S/C17H23NO4/c1-3-21-16(19)15-9-10-18(11-13(15)2)17(20)22-12-14-7-5-4-6-8-14/h4-8,13,15H,3,9-12H2,1-2H3/t13-,15+/m1/s1. The SMILES string of the molecule is CCOC(=O)[C@H]1CCN(C(=O)OCc2ccccc2)C[C@H]1C. The average molecular weight is 305 g/mol. The van der Waals surface area contributed by atoms with Gasteiger partial charge in [0.15, 0.2) is 0 Å². The second kappa shape index (κ2) is 7.82. The van der Waals surface area contributed by atoms with Gasteiger partial charge in [-0.25, -0.2) is 4.79 Å². The zero-order chi connectivity index (χ0) is 15.9. The zero-order valence-electron chi connectivity index (χ0n) is 13.2. The van der Waals surface area contributed by atoms with E-state index in [1.165, 1.54) is 0 Å². The minimum absolute atomic E-state index is 0.0806. The van der Waals surface area contributed by atoms with Crippen molar-refractivity contribution in [3.8, 4) is 0 Å². The van der Waals surface area contributed by atoms with Crippen LogP contribution in [0.5, 0.6) is 0 Å². The van der Waals surface area contributed by atoms with Crippen molar-refractivity contribution in [2.75, 3.05) is 19.7 Å². The molecule has 1 aliphatic heterocycles. The number of carbonyl (C=O) groups excluding carboxylic acids is 2. The van der Waals surface area contributed by atoms with Crippen LogP contribution in [0, 0.1) is 11.8 Å². The molecule has 0 bridgehead atoms. The largest absolute Gasteiger partial charge is 0.466 e. The fourth-order valence-electron chi connectivity index (χ4n) is 2.72. The van der Waals surface area contributed by atoms with Gasteiger partial charge in [-0.2, -0.15) is 0 Å². The van der Waals surface area contributed by atoms with E-state index in [1.54, 1.807) is 11.8 Å². The smallest absolute Gasteiger partial charge is 0.410 e. The number of piperidine rings is 1. The molecule has 0 spiro atoms. The number of amides is 1. The lowest BCUT2D eigenvalue weighted by molar-refractivity contribution is -0.151. The van der Waals surface area contributed by atoms with Crippen LogP contribution in [0.4, 0.5) is 4.79 Å². The maximum absolute atomic E-state index is 12.1. The number of hydrogen-bond acceptors (Lipinski definition) is 4. The molecule has 5 nitrogen and oxygen atoms in total. The molecule has 1 aromatic carbocycles. The highest BCUT2D eigenvalue weighted by Gasteiger charge is 2.34. The number of ether oxygens (including phenoxy) is 2. The molecule has 22 heavy (non-hydrogen) atoms. The quantitative estimate of drug-likeness (QED) is 0.803. The van der Waals surface area contributed by atoms with Crippen molar-refractivity contribution < 1.29 is 19.1 Å². The van der Waals surface area contributed by atoms with E-state index in [0.29, 0.717) is 26.1 Å². The monoisotopic (exact) mass is 305 g/mol. The fourth-order valence-corrected chi connectivity index (χ4v) is 2.72. The van der Waals surface area contributed by atoms with Crippen molar-refractivity contribution in [3.63, 3.8) is 0 Å². The van der Waals surface area contributed by atoms with Crippen LogP contribution in [0.25, 0.3) is 0 Å². The van der Waals surface area contributed by atoms with E-state index in [9.17, 15) is 9.59 Å². The van der Waals surface area contributed by atoms with E-state index in [1.807, 2.05) is 37.3 Å². The number of nitrogens with zero attached hydrogens (tertiary/aromatic N) is 1. The summed E-state index contributed by atoms with van der Waals surface area (Å²) >= 11 is 0. The summed E-state index contributed by atoms with van der Waals surface area (Å²) in [4.78, 5) is 25.6. The van der Waals surface area contributed by atoms with Gasteiger partial charge in [0, 0.05) is 13.1 Å². The van der Waals surface area contributed by atoms with Gasteiger partial charge in [-0.15, -0.1) is 0 Å². The molecule has 0 N–H and O–H groups in total. The molecule has 0 unspecified atom stereocenters. The highest BCUT2D eigenvalue weighted by atomic mass is 16.6. The van der Waals surface area contributed by atoms with Crippen LogP contribution in [0.2, 0.25) is 0 Å². The van der Waals surface area contributed by atoms with Crippen LogP contribution in [0.1, 0.15) is 25.8 Å². The summed E-state index contributed by atoms with van der Waals surface area (Å²) in [5.74, 6) is -0.206. The van der Waals surface area contributed by atoms with Crippen molar-refractivity contribution in [2.24, 2.45) is 11.8 Å². The fraction of sp³-hybridized carbons (Fsp3) is 0.529. The number of rotatable bonds is 4. The van der Waals surface area contributed by atoms with Crippen LogP contribution in [-0.4, -0.2) is 36.7 Å². The van der Waals surface area contributed by atoms with E-state index >= 15 is 0 Å². The summed E-state index contributed by atoms with van der Waals surface area (Å²) in [5.41, 5.74) is 0.963. The molecule has 2 rings (SSSR count). The molecule has 1 aromatic rings. The van der Waals surface area contributed by atoms with Gasteiger partial charge in [0.25, 0.3) is 0 Å². The molecule has 0 aliphatic carbocycles. The molecule has 0 radical (unpaired) electrons. The Kier molecular flexibility index (Phi) is 5.81. The Bertz CT molecular complexity index is 503. The van der Waals surface area contributed by atoms with Gasteiger partial charge in [-0.05, 0) is 24.8 Å². The van der Waals surface area contributed by atoms with Crippen LogP contribution < -0.4 is 0 Å². The van der Waals surface area contributed by atoms with E-state index in [0.717, 1.165) is 5.56 Å². The summed E-state index contributed by atoms with van der Waals surface area (Å²) in [6.07, 6.45) is 0.304. The zero-order valence-corrected chi connectivity index (χ0v) is 13.2. The first-order chi connectivity index (χ1) is 10.6. The lowest BCUT2D eigenvalue weighted by atomic mass is 9.87. The molecule has 1 saturated heterocycles. The highest BCUT2D eigenvalue weighted by Crippen LogP contribution is 2.25. The molecule has 1 fully saturated rings. The topological polar surface area (TPSA) is 55.8 Å². The first kappa shape index (κ1) is 16.3. The molecule has 1 heterocycles. The molecule has 1 aliphatic rings. The van der Waals surface area contributed by atoms with Gasteiger partial charge in [0.1, 0.15) is 6.61 Å². The van der Waals surface area contributed by atoms with Gasteiger partial charge >= 0.3 is 12.1 Å². The number of esters is 1. The van der Waals surface area contributed by atoms with Crippen LogP contribution >= 0.6 is 0 Å². The lowest BCUT2D eigenvalue weighted by Gasteiger charge is -2.34. The van der Waals surface area contributed by atoms with E-state index in [4.69, 9.17) is 9.47 Å². The van der Waals surface area contributed by atoms with Gasteiger partial charge in [0.05, 0.1) is 12.5 Å². The maximum Gasteiger partial charge on any atom is 0.410 e. The molecule has 120 valence electrons. The molecular formula is C17H23NO4. The molecule has 5 heteroatoms. The summed E-state index contributed by atoms with van der Waals surface area (Å²) in [6, 6.07) is 9.59. The number of carbonyl (C=O) groups is 2. The van der Waals surface area contributed by atoms with Crippen molar-refractivity contribution >= 4 is 12.1 Å². The Balaban J connectivity index is 1.82. The van der Waals surface area contributed by atoms with Crippen molar-refractivity contribution in [1.82, 2.24) is 4.90 Å². The minimum Gasteiger partial charge on any atom is -0.466 e. The Hall–Kier alpha value is -2.04. The third-order valence-corrected chi connectivity index (χ3v) is 3.96. The first-order valence-corrected chi connectivity index (χ1v) is 7.74. The molecule has 0 aromatic heterocycles. The Labute approximate surface area is 131 Å². The Morgan fingerprint density at radius 2 is 1.95 bits per heavy atom. The van der Waals surface area contributed by atoms with Crippen LogP contribution in [0.15, 0.2) is 30.3 Å². The van der Waals surface area contributed by atoms with E-state index in [-0.39, 0.29) is 30.5 Å². The number of likely N-dealkylation sites (tertiary alicyclic amines) is 1. The average Bonchev–Trinajstić information content (AvgIpc) is 2.53. The van der Waals surface area contributed by atoms with Crippen LogP contribution in [-0.2, 0) is 20.9 Å². The second-order valence-corrected chi connectivity index (χ2v) is 5.61. The predicted octanol–water partition coefficient (Wildman–Crippen LogP) is 2.84. The van der Waals surface area contributed by atoms with Crippen molar-refractivity contribution in [3.05, 3.63) is 35.9 Å². The molecular weight excluding hydrogens is 282 g/mol. The third-order valence-electron chi connectivity index (χ3n) is 3.96. The van der Waals surface area contributed by atoms with Gasteiger partial charge in [-0.1, -0.05) is 37.3 Å². The summed E-state index contributed by atoms with van der Waals surface area (Å²) in [6.45, 7) is 5.49. The van der Waals surface area contributed by atoms with E-state index < -0.39 is 0 Å². The summed E-state index contributed by atoms with van der Waals surface area (Å²) in [7, 11) is 0. The van der Waals surface area contributed by atoms with Crippen molar-refractivity contribution in [1.29, 1.82) is 0 Å². The lowest BCUT2D eigenvalue weighted by Crippen LogP contribution is -2.45. The number of benzene rings is 1. The molecule has 1 amide bonds. The minimum atomic E-state index is -0.321. The molecule has 2 atom stereocenters. The summed E-state index contributed by atoms with van der Waals surface area (Å²) in [5, 5.41) is 0. The normalized spacial score (nSPS) is 21.3. The molecule has 0 saturated carbocycles. The first-order valence-electron chi connectivity index (χ1n) is 7.74. The highest BCUT2D eigenvalue weighted by molar-refractivity contribution is 5.74. The second-order valence-electron chi connectivity index (χ2n) is 5.61. The maximum atomic E-state index is 12.1. The van der Waals surface area contributed by atoms with Crippen molar-refractivity contribution in [2.45, 2.75) is 26.9 Å². The third kappa shape index (κ3) is 4.23. The Morgan fingerprint density at radius 3 is 2.59 bits per heavy atom. The van der Waals surface area contributed by atoms with Gasteiger partial charge in [-0.3, -0.25) is 4.79 Å². The van der Waals surface area contributed by atoms with E-state index in [2.05, 4.69) is 0 Å². The predicted molar refractivity (Wildman–Crippen MR) is 82.1 cm³/mol.